The van der Waals surface area contributed by atoms with Crippen molar-refractivity contribution in [2.24, 2.45) is 0 Å². The molecule has 0 unspecified atom stereocenters. The van der Waals surface area contributed by atoms with E-state index in [0.29, 0.717) is 0 Å². The molecule has 0 aliphatic heterocycles. The summed E-state index contributed by atoms with van der Waals surface area (Å²) < 4.78 is 0. The quantitative estimate of drug-likeness (QED) is 0.646. The van der Waals surface area contributed by atoms with E-state index in [9.17, 15) is 0 Å². The number of likely N-dealkylation sites (N-methyl/N-ethyl adjacent to an activating group) is 1. The van der Waals surface area contributed by atoms with E-state index in [1.54, 1.807) is 0 Å². The van der Waals surface area contributed by atoms with Gasteiger partial charge in [0.05, 0.1) is 0 Å². The van der Waals surface area contributed by atoms with Gasteiger partial charge < -0.3 is 15.6 Å². The molecule has 0 atom stereocenters. The Morgan fingerprint density at radius 1 is 1.12 bits per heavy atom. The van der Waals surface area contributed by atoms with Crippen LogP contribution in [0.15, 0.2) is 30.5 Å². The van der Waals surface area contributed by atoms with Gasteiger partial charge in [0, 0.05) is 31.3 Å². The van der Waals surface area contributed by atoms with Gasteiger partial charge in [-0.1, -0.05) is 19.1 Å². The minimum absolute atomic E-state index is 0.931. The fourth-order valence-electron chi connectivity index (χ4n) is 1.79. The lowest BCUT2D eigenvalue weighted by atomic mass is 10.1. The maximum Gasteiger partial charge on any atom is 0.0457 e. The zero-order valence-electron chi connectivity index (χ0n) is 9.72. The Hall–Kier alpha value is -1.32. The zero-order valence-corrected chi connectivity index (χ0v) is 9.72. The molecule has 86 valence electrons. The smallest absolute Gasteiger partial charge is 0.0457 e. The number of aromatic amines is 1. The summed E-state index contributed by atoms with van der Waals surface area (Å²) >= 11 is 0. The van der Waals surface area contributed by atoms with Crippen LogP contribution in [0.4, 0.5) is 0 Å². The number of hydrogen-bond donors (Lipinski definition) is 3. The van der Waals surface area contributed by atoms with Crippen molar-refractivity contribution in [1.29, 1.82) is 0 Å². The Kier molecular flexibility index (Phi) is 3.97. The van der Waals surface area contributed by atoms with Crippen LogP contribution >= 0.6 is 0 Å². The SMILES string of the molecule is CCNCCNCc1ccc2cc[nH]c2c1. The molecule has 1 aromatic heterocycles. The maximum absolute atomic E-state index is 3.42. The van der Waals surface area contributed by atoms with Gasteiger partial charge in [0.15, 0.2) is 0 Å². The highest BCUT2D eigenvalue weighted by Crippen LogP contribution is 2.13. The Morgan fingerprint density at radius 3 is 2.88 bits per heavy atom. The first-order chi connectivity index (χ1) is 7.90. The van der Waals surface area contributed by atoms with Crippen molar-refractivity contribution in [3.8, 4) is 0 Å². The Balaban J connectivity index is 1.84. The molecule has 1 aromatic carbocycles. The predicted octanol–water partition coefficient (Wildman–Crippen LogP) is 1.87. The molecular weight excluding hydrogens is 198 g/mol. The van der Waals surface area contributed by atoms with Gasteiger partial charge in [0.1, 0.15) is 0 Å². The maximum atomic E-state index is 3.42. The number of fused-ring (bicyclic) bond motifs is 1. The molecule has 16 heavy (non-hydrogen) atoms. The van der Waals surface area contributed by atoms with Crippen LogP contribution in [0, 0.1) is 0 Å². The van der Waals surface area contributed by atoms with Gasteiger partial charge in [-0.3, -0.25) is 0 Å². The van der Waals surface area contributed by atoms with Crippen molar-refractivity contribution in [3.63, 3.8) is 0 Å². The van der Waals surface area contributed by atoms with E-state index >= 15 is 0 Å². The van der Waals surface area contributed by atoms with Crippen LogP contribution in [0.2, 0.25) is 0 Å². The summed E-state index contributed by atoms with van der Waals surface area (Å²) in [4.78, 5) is 3.23. The van der Waals surface area contributed by atoms with E-state index in [1.807, 2.05) is 6.20 Å². The molecule has 0 fully saturated rings. The minimum Gasteiger partial charge on any atom is -0.361 e. The third-order valence-electron chi connectivity index (χ3n) is 2.68. The lowest BCUT2D eigenvalue weighted by Gasteiger charge is -2.05. The van der Waals surface area contributed by atoms with Crippen molar-refractivity contribution in [3.05, 3.63) is 36.0 Å². The van der Waals surface area contributed by atoms with Crippen LogP contribution < -0.4 is 10.6 Å². The van der Waals surface area contributed by atoms with Crippen molar-refractivity contribution in [2.75, 3.05) is 19.6 Å². The Bertz CT molecular complexity index is 433. The molecule has 0 aliphatic rings. The third kappa shape index (κ3) is 2.84. The summed E-state index contributed by atoms with van der Waals surface area (Å²) in [5, 5.41) is 7.98. The van der Waals surface area contributed by atoms with E-state index in [0.717, 1.165) is 26.2 Å². The van der Waals surface area contributed by atoms with E-state index in [2.05, 4.69) is 46.8 Å². The highest BCUT2D eigenvalue weighted by Gasteiger charge is 1.96. The number of rotatable bonds is 6. The largest absolute Gasteiger partial charge is 0.361 e. The van der Waals surface area contributed by atoms with Crippen molar-refractivity contribution in [2.45, 2.75) is 13.5 Å². The third-order valence-corrected chi connectivity index (χ3v) is 2.68. The average molecular weight is 217 g/mol. The molecule has 3 nitrogen and oxygen atoms in total. The normalized spacial score (nSPS) is 11.1. The zero-order chi connectivity index (χ0) is 11.2. The number of nitrogens with one attached hydrogen (secondary N) is 3. The lowest BCUT2D eigenvalue weighted by molar-refractivity contribution is 0.625. The predicted molar refractivity (Wildman–Crippen MR) is 68.5 cm³/mol. The van der Waals surface area contributed by atoms with Gasteiger partial charge >= 0.3 is 0 Å². The first kappa shape index (κ1) is 11.2. The fraction of sp³-hybridized carbons (Fsp3) is 0.385. The van der Waals surface area contributed by atoms with Gasteiger partial charge in [0.25, 0.3) is 0 Å². The van der Waals surface area contributed by atoms with E-state index in [4.69, 9.17) is 0 Å². The Labute approximate surface area is 96.2 Å². The Morgan fingerprint density at radius 2 is 2.00 bits per heavy atom. The monoisotopic (exact) mass is 217 g/mol. The molecule has 0 bridgehead atoms. The second-order valence-corrected chi connectivity index (χ2v) is 3.93. The van der Waals surface area contributed by atoms with Gasteiger partial charge in [-0.25, -0.2) is 0 Å². The minimum atomic E-state index is 0.931. The average Bonchev–Trinajstić information content (AvgIpc) is 2.76. The molecule has 3 heteroatoms. The molecule has 0 radical (unpaired) electrons. The number of hydrogen-bond acceptors (Lipinski definition) is 2. The molecule has 0 aliphatic carbocycles. The molecule has 2 aromatic rings. The lowest BCUT2D eigenvalue weighted by Crippen LogP contribution is -2.26. The fourth-order valence-corrected chi connectivity index (χ4v) is 1.79. The van der Waals surface area contributed by atoms with E-state index in [-0.39, 0.29) is 0 Å². The van der Waals surface area contributed by atoms with Gasteiger partial charge in [0.2, 0.25) is 0 Å². The number of benzene rings is 1. The van der Waals surface area contributed by atoms with Crippen molar-refractivity contribution in [1.82, 2.24) is 15.6 Å². The number of H-pyrrole nitrogens is 1. The molecule has 0 saturated heterocycles. The van der Waals surface area contributed by atoms with Crippen molar-refractivity contribution < 1.29 is 0 Å². The molecule has 0 amide bonds. The first-order valence-electron chi connectivity index (χ1n) is 5.87. The van der Waals surface area contributed by atoms with Crippen LogP contribution in [0.25, 0.3) is 10.9 Å². The second kappa shape index (κ2) is 5.68. The highest BCUT2D eigenvalue weighted by atomic mass is 14.9. The van der Waals surface area contributed by atoms with Crippen LogP contribution in [0.3, 0.4) is 0 Å². The molecule has 0 saturated carbocycles. The van der Waals surface area contributed by atoms with Gasteiger partial charge in [-0.05, 0) is 29.6 Å². The summed E-state index contributed by atoms with van der Waals surface area (Å²) in [6.07, 6.45) is 1.98. The standard InChI is InChI=1S/C13H19N3/c1-2-14-7-8-15-10-11-3-4-12-5-6-16-13(12)9-11/h3-6,9,14-16H,2,7-8,10H2,1H3. The van der Waals surface area contributed by atoms with Crippen molar-refractivity contribution >= 4 is 10.9 Å². The van der Waals surface area contributed by atoms with Crippen LogP contribution in [0.1, 0.15) is 12.5 Å². The molecular formula is C13H19N3. The molecule has 2 rings (SSSR count). The summed E-state index contributed by atoms with van der Waals surface area (Å²) in [5.74, 6) is 0. The van der Waals surface area contributed by atoms with Crippen LogP contribution in [0.5, 0.6) is 0 Å². The van der Waals surface area contributed by atoms with Crippen LogP contribution in [-0.4, -0.2) is 24.6 Å². The number of aromatic nitrogens is 1. The van der Waals surface area contributed by atoms with Gasteiger partial charge in [-0.2, -0.15) is 0 Å². The summed E-state index contributed by atoms with van der Waals surface area (Å²) in [6.45, 7) is 6.13. The van der Waals surface area contributed by atoms with E-state index < -0.39 is 0 Å². The van der Waals surface area contributed by atoms with Gasteiger partial charge in [-0.15, -0.1) is 0 Å². The highest BCUT2D eigenvalue weighted by molar-refractivity contribution is 5.79. The molecule has 3 N–H and O–H groups in total. The summed E-state index contributed by atoms with van der Waals surface area (Å²) in [7, 11) is 0. The topological polar surface area (TPSA) is 39.8 Å². The summed E-state index contributed by atoms with van der Waals surface area (Å²) in [6, 6.07) is 8.64. The van der Waals surface area contributed by atoms with E-state index in [1.165, 1.54) is 16.5 Å². The molecule has 1 heterocycles. The molecule has 0 spiro atoms. The first-order valence-corrected chi connectivity index (χ1v) is 5.87. The van der Waals surface area contributed by atoms with Crippen LogP contribution in [-0.2, 0) is 6.54 Å². The second-order valence-electron chi connectivity index (χ2n) is 3.93. The summed E-state index contributed by atoms with van der Waals surface area (Å²) in [5.41, 5.74) is 2.54.